The van der Waals surface area contributed by atoms with Crippen molar-refractivity contribution in [1.82, 2.24) is 19.8 Å². The van der Waals surface area contributed by atoms with Crippen LogP contribution in [0.3, 0.4) is 0 Å². The lowest BCUT2D eigenvalue weighted by Crippen LogP contribution is -2.46. The van der Waals surface area contributed by atoms with Gasteiger partial charge < -0.3 is 15.1 Å². The molecule has 1 heterocycles. The molecule has 7 nitrogen and oxygen atoms in total. The van der Waals surface area contributed by atoms with Crippen molar-refractivity contribution in [3.8, 4) is 12.3 Å². The summed E-state index contributed by atoms with van der Waals surface area (Å²) in [5.74, 6) is 1.94. The van der Waals surface area contributed by atoms with Crippen LogP contribution in [0.5, 0.6) is 0 Å². The molecular weight excluding hydrogens is 364 g/mol. The standard InChI is InChI=1S/C19H28N4O3S/c1-3-9-21-27(25,26)18-8-5-7-17(16-18)19(24)20-10-6-11-23-14-12-22(4-2)13-15-23/h1,5,7-8,16,21H,4,6,9-15H2,2H3,(H,20,24). The average molecular weight is 393 g/mol. The van der Waals surface area contributed by atoms with Crippen LogP contribution >= 0.6 is 0 Å². The first-order chi connectivity index (χ1) is 13.0. The average Bonchev–Trinajstić information content (AvgIpc) is 2.70. The molecule has 0 atom stereocenters. The number of terminal acetylenes is 1. The van der Waals surface area contributed by atoms with Gasteiger partial charge in [0.1, 0.15) is 0 Å². The van der Waals surface area contributed by atoms with Crippen molar-refractivity contribution in [3.63, 3.8) is 0 Å². The fourth-order valence-electron chi connectivity index (χ4n) is 2.96. The molecule has 0 saturated carbocycles. The molecule has 1 saturated heterocycles. The Labute approximate surface area is 162 Å². The van der Waals surface area contributed by atoms with Crippen molar-refractivity contribution in [3.05, 3.63) is 29.8 Å². The number of sulfonamides is 1. The first-order valence-electron chi connectivity index (χ1n) is 9.22. The molecular formula is C19H28N4O3S. The summed E-state index contributed by atoms with van der Waals surface area (Å²) in [7, 11) is -3.71. The van der Waals surface area contributed by atoms with Gasteiger partial charge in [-0.25, -0.2) is 8.42 Å². The summed E-state index contributed by atoms with van der Waals surface area (Å²) in [5, 5.41) is 2.86. The number of likely N-dealkylation sites (N-methyl/N-ethyl adjacent to an activating group) is 1. The molecule has 2 rings (SSSR count). The highest BCUT2D eigenvalue weighted by Gasteiger charge is 2.16. The van der Waals surface area contributed by atoms with E-state index in [0.29, 0.717) is 12.1 Å². The number of carbonyl (C=O) groups excluding carboxylic acids is 1. The maximum absolute atomic E-state index is 12.3. The van der Waals surface area contributed by atoms with Gasteiger partial charge in [-0.05, 0) is 37.7 Å². The molecule has 1 fully saturated rings. The van der Waals surface area contributed by atoms with E-state index in [-0.39, 0.29) is 17.3 Å². The third kappa shape index (κ3) is 6.63. The predicted octanol–water partition coefficient (Wildman–Crippen LogP) is 0.356. The van der Waals surface area contributed by atoms with Gasteiger partial charge in [-0.1, -0.05) is 18.9 Å². The van der Waals surface area contributed by atoms with Crippen LogP contribution < -0.4 is 10.0 Å². The van der Waals surface area contributed by atoms with Crippen LogP contribution in [0.25, 0.3) is 0 Å². The van der Waals surface area contributed by atoms with Crippen molar-refractivity contribution in [1.29, 1.82) is 0 Å². The second kappa shape index (κ2) is 10.4. The van der Waals surface area contributed by atoms with Crippen LogP contribution in [0.15, 0.2) is 29.2 Å². The lowest BCUT2D eigenvalue weighted by atomic mass is 10.2. The lowest BCUT2D eigenvalue weighted by Gasteiger charge is -2.33. The zero-order valence-corrected chi connectivity index (χ0v) is 16.6. The molecule has 0 radical (unpaired) electrons. The number of nitrogens with zero attached hydrogens (tertiary/aromatic N) is 2. The SMILES string of the molecule is C#CCNS(=O)(=O)c1cccc(C(=O)NCCCN2CCN(CC)CC2)c1. The molecule has 0 aliphatic carbocycles. The van der Waals surface area contributed by atoms with E-state index >= 15 is 0 Å². The Morgan fingerprint density at radius 1 is 1.22 bits per heavy atom. The van der Waals surface area contributed by atoms with Gasteiger partial charge in [0.2, 0.25) is 10.0 Å². The van der Waals surface area contributed by atoms with Crippen LogP contribution in [-0.2, 0) is 10.0 Å². The number of hydrogen-bond acceptors (Lipinski definition) is 5. The number of benzene rings is 1. The Hall–Kier alpha value is -1.92. The summed E-state index contributed by atoms with van der Waals surface area (Å²) in [6, 6.07) is 5.94. The minimum atomic E-state index is -3.71. The van der Waals surface area contributed by atoms with E-state index in [4.69, 9.17) is 6.42 Å². The highest BCUT2D eigenvalue weighted by molar-refractivity contribution is 7.89. The molecule has 0 unspecified atom stereocenters. The predicted molar refractivity (Wildman–Crippen MR) is 106 cm³/mol. The minimum absolute atomic E-state index is 0.0270. The third-order valence-corrected chi connectivity index (χ3v) is 6.02. The van der Waals surface area contributed by atoms with E-state index in [1.165, 1.54) is 12.1 Å². The van der Waals surface area contributed by atoms with Gasteiger partial charge in [-0.3, -0.25) is 4.79 Å². The first-order valence-corrected chi connectivity index (χ1v) is 10.7. The van der Waals surface area contributed by atoms with E-state index < -0.39 is 10.0 Å². The number of rotatable bonds is 9. The van der Waals surface area contributed by atoms with Gasteiger partial charge in [0.05, 0.1) is 11.4 Å². The van der Waals surface area contributed by atoms with Crippen LogP contribution in [0.1, 0.15) is 23.7 Å². The number of hydrogen-bond donors (Lipinski definition) is 2. The number of amides is 1. The molecule has 1 aromatic rings. The molecule has 1 aliphatic heterocycles. The maximum Gasteiger partial charge on any atom is 0.251 e. The highest BCUT2D eigenvalue weighted by atomic mass is 32.2. The minimum Gasteiger partial charge on any atom is -0.352 e. The highest BCUT2D eigenvalue weighted by Crippen LogP contribution is 2.11. The molecule has 2 N–H and O–H groups in total. The van der Waals surface area contributed by atoms with Crippen molar-refractivity contribution in [2.24, 2.45) is 0 Å². The first kappa shape index (κ1) is 21.4. The summed E-state index contributed by atoms with van der Waals surface area (Å²) in [6.07, 6.45) is 5.94. The Morgan fingerprint density at radius 2 is 1.93 bits per heavy atom. The van der Waals surface area contributed by atoms with E-state index in [1.54, 1.807) is 12.1 Å². The Morgan fingerprint density at radius 3 is 2.59 bits per heavy atom. The van der Waals surface area contributed by atoms with Gasteiger partial charge in [0.15, 0.2) is 0 Å². The monoisotopic (exact) mass is 392 g/mol. The number of carbonyl (C=O) groups is 1. The van der Waals surface area contributed by atoms with Crippen LogP contribution in [-0.4, -0.2) is 76.5 Å². The quantitative estimate of drug-likeness (QED) is 0.468. The van der Waals surface area contributed by atoms with Gasteiger partial charge in [-0.2, -0.15) is 4.72 Å². The van der Waals surface area contributed by atoms with Crippen molar-refractivity contribution < 1.29 is 13.2 Å². The maximum atomic E-state index is 12.3. The van der Waals surface area contributed by atoms with E-state index in [2.05, 4.69) is 32.7 Å². The fraction of sp³-hybridized carbons (Fsp3) is 0.526. The normalized spacial score (nSPS) is 16.0. The summed E-state index contributed by atoms with van der Waals surface area (Å²) in [4.78, 5) is 17.2. The number of nitrogens with one attached hydrogen (secondary N) is 2. The largest absolute Gasteiger partial charge is 0.352 e. The van der Waals surface area contributed by atoms with E-state index in [0.717, 1.165) is 45.7 Å². The lowest BCUT2D eigenvalue weighted by molar-refractivity contribution is 0.0948. The van der Waals surface area contributed by atoms with Crippen molar-refractivity contribution >= 4 is 15.9 Å². The van der Waals surface area contributed by atoms with Crippen LogP contribution in [0.4, 0.5) is 0 Å². The molecule has 0 aromatic heterocycles. The summed E-state index contributed by atoms with van der Waals surface area (Å²) in [5.41, 5.74) is 0.315. The summed E-state index contributed by atoms with van der Waals surface area (Å²) < 4.78 is 26.5. The van der Waals surface area contributed by atoms with Gasteiger partial charge >= 0.3 is 0 Å². The molecule has 27 heavy (non-hydrogen) atoms. The molecule has 8 heteroatoms. The molecule has 1 amide bonds. The fourth-order valence-corrected chi connectivity index (χ4v) is 3.94. The molecule has 0 spiro atoms. The molecule has 0 bridgehead atoms. The molecule has 1 aromatic carbocycles. The Bertz CT molecular complexity index is 765. The van der Waals surface area contributed by atoms with E-state index in [1.807, 2.05) is 0 Å². The van der Waals surface area contributed by atoms with Crippen molar-refractivity contribution in [2.45, 2.75) is 18.2 Å². The second-order valence-corrected chi connectivity index (χ2v) is 8.21. The second-order valence-electron chi connectivity index (χ2n) is 6.44. The summed E-state index contributed by atoms with van der Waals surface area (Å²) >= 11 is 0. The van der Waals surface area contributed by atoms with Crippen LogP contribution in [0, 0.1) is 12.3 Å². The molecule has 148 valence electrons. The Kier molecular flexibility index (Phi) is 8.25. The van der Waals surface area contributed by atoms with Crippen molar-refractivity contribution in [2.75, 3.05) is 52.4 Å². The number of piperazine rings is 1. The van der Waals surface area contributed by atoms with Crippen LogP contribution in [0.2, 0.25) is 0 Å². The zero-order chi connectivity index (χ0) is 19.7. The van der Waals surface area contributed by atoms with E-state index in [9.17, 15) is 13.2 Å². The van der Waals surface area contributed by atoms with Gasteiger partial charge in [0.25, 0.3) is 5.91 Å². The third-order valence-electron chi connectivity index (χ3n) is 4.62. The smallest absolute Gasteiger partial charge is 0.251 e. The summed E-state index contributed by atoms with van der Waals surface area (Å²) in [6.45, 7) is 8.99. The van der Waals surface area contributed by atoms with Gasteiger partial charge in [0, 0.05) is 38.3 Å². The topological polar surface area (TPSA) is 81.7 Å². The Balaban J connectivity index is 1.79. The molecule has 1 aliphatic rings. The zero-order valence-electron chi connectivity index (χ0n) is 15.8. The van der Waals surface area contributed by atoms with Gasteiger partial charge in [-0.15, -0.1) is 6.42 Å².